The van der Waals surface area contributed by atoms with Gasteiger partial charge in [-0.3, -0.25) is 4.79 Å². The molecule has 1 N–H and O–H groups in total. The van der Waals surface area contributed by atoms with Crippen LogP contribution in [0.5, 0.6) is 0 Å². The van der Waals surface area contributed by atoms with Gasteiger partial charge in [0.05, 0.1) is 5.60 Å². The van der Waals surface area contributed by atoms with Gasteiger partial charge in [-0.1, -0.05) is 106 Å². The number of benzene rings is 3. The molecule has 2 heteroatoms. The van der Waals surface area contributed by atoms with Crippen LogP contribution in [0.3, 0.4) is 0 Å². The molecule has 0 aliphatic heterocycles. The van der Waals surface area contributed by atoms with Gasteiger partial charge < -0.3 is 5.11 Å². The second kappa shape index (κ2) is 11.8. The summed E-state index contributed by atoms with van der Waals surface area (Å²) < 4.78 is 0. The molecule has 1 saturated carbocycles. The van der Waals surface area contributed by atoms with Crippen molar-refractivity contribution in [3.8, 4) is 11.1 Å². The van der Waals surface area contributed by atoms with E-state index in [1.54, 1.807) is 6.92 Å². The molecule has 2 nitrogen and oxygen atoms in total. The van der Waals surface area contributed by atoms with Crippen molar-refractivity contribution in [1.29, 1.82) is 0 Å². The van der Waals surface area contributed by atoms with Crippen molar-refractivity contribution in [2.45, 2.75) is 97.0 Å². The van der Waals surface area contributed by atoms with Crippen molar-refractivity contribution in [2.75, 3.05) is 0 Å². The van der Waals surface area contributed by atoms with Gasteiger partial charge >= 0.3 is 0 Å². The molecule has 0 amide bonds. The van der Waals surface area contributed by atoms with Gasteiger partial charge in [0, 0.05) is 11.8 Å². The van der Waals surface area contributed by atoms with Crippen LogP contribution >= 0.6 is 0 Å². The summed E-state index contributed by atoms with van der Waals surface area (Å²) in [5.41, 5.74) is 9.21. The molecule has 0 saturated heterocycles. The molecule has 0 unspecified atom stereocenters. The fraction of sp³-hybridized carbons (Fsp3) is 0.417. The predicted molar refractivity (Wildman–Crippen MR) is 161 cm³/mol. The molecule has 0 spiro atoms. The molecular weight excluding hydrogens is 464 g/mol. The van der Waals surface area contributed by atoms with E-state index < -0.39 is 5.60 Å². The van der Waals surface area contributed by atoms with Gasteiger partial charge in [0.2, 0.25) is 0 Å². The van der Waals surface area contributed by atoms with E-state index >= 15 is 0 Å². The highest BCUT2D eigenvalue weighted by atomic mass is 16.3. The molecule has 200 valence electrons. The highest BCUT2D eigenvalue weighted by Crippen LogP contribution is 2.41. The standard InChI is InChI=1S/C36H44O2/c1-6-36(7-2,32-16-15-30(26(3)23-32)19-22-35(38)20-9-8-10-21-35)33-17-18-34(27(4)24-33)31-13-11-29(12-14-31)25-28(5)37/h11-19,22-24,38H,6-10,20-21,25H2,1-5H3/b22-19+. The van der Waals surface area contributed by atoms with Crippen LogP contribution in [-0.2, 0) is 16.6 Å². The van der Waals surface area contributed by atoms with Crippen molar-refractivity contribution in [2.24, 2.45) is 0 Å². The van der Waals surface area contributed by atoms with E-state index in [2.05, 4.69) is 94.4 Å². The minimum Gasteiger partial charge on any atom is -0.386 e. The second-order valence-corrected chi connectivity index (χ2v) is 11.5. The number of Topliss-reactive ketones (excluding diaryl/α,β-unsaturated/α-hetero) is 1. The fourth-order valence-corrected chi connectivity index (χ4v) is 6.34. The Morgan fingerprint density at radius 1 is 0.868 bits per heavy atom. The van der Waals surface area contributed by atoms with Gasteiger partial charge in [-0.25, -0.2) is 0 Å². The van der Waals surface area contributed by atoms with Crippen LogP contribution in [0.2, 0.25) is 0 Å². The van der Waals surface area contributed by atoms with Gasteiger partial charge in [-0.15, -0.1) is 0 Å². The van der Waals surface area contributed by atoms with Gasteiger partial charge in [0.1, 0.15) is 5.78 Å². The van der Waals surface area contributed by atoms with Crippen molar-refractivity contribution in [3.05, 3.63) is 100 Å². The van der Waals surface area contributed by atoms with E-state index in [9.17, 15) is 9.90 Å². The SMILES string of the molecule is CCC(CC)(c1ccc(/C=C/C2(O)CCCCC2)c(C)c1)c1ccc(-c2ccc(CC(C)=O)cc2)c(C)c1. The molecule has 0 atom stereocenters. The topological polar surface area (TPSA) is 37.3 Å². The molecule has 38 heavy (non-hydrogen) atoms. The molecular formula is C36H44O2. The number of hydrogen-bond donors (Lipinski definition) is 1. The lowest BCUT2D eigenvalue weighted by Crippen LogP contribution is -2.28. The third-order valence-electron chi connectivity index (χ3n) is 8.82. The summed E-state index contributed by atoms with van der Waals surface area (Å²) in [5, 5.41) is 10.9. The van der Waals surface area contributed by atoms with Crippen LogP contribution in [0.25, 0.3) is 17.2 Å². The average molecular weight is 509 g/mol. The Morgan fingerprint density at radius 2 is 1.47 bits per heavy atom. The van der Waals surface area contributed by atoms with Gasteiger partial charge in [-0.05, 0) is 91.0 Å². The molecule has 0 radical (unpaired) electrons. The first-order valence-electron chi connectivity index (χ1n) is 14.4. The van der Waals surface area contributed by atoms with Gasteiger partial charge in [0.25, 0.3) is 0 Å². The molecule has 0 bridgehead atoms. The summed E-state index contributed by atoms with van der Waals surface area (Å²) in [5.74, 6) is 0.189. The highest BCUT2D eigenvalue weighted by molar-refractivity contribution is 5.78. The molecule has 0 aromatic heterocycles. The van der Waals surface area contributed by atoms with Crippen molar-refractivity contribution in [3.63, 3.8) is 0 Å². The highest BCUT2D eigenvalue weighted by Gasteiger charge is 2.31. The molecule has 3 aromatic carbocycles. The van der Waals surface area contributed by atoms with E-state index in [0.717, 1.165) is 44.1 Å². The molecule has 3 aromatic rings. The minimum absolute atomic E-state index is 0.0524. The number of carbonyl (C=O) groups is 1. The maximum atomic E-state index is 11.5. The van der Waals surface area contributed by atoms with Crippen LogP contribution in [0.1, 0.15) is 99.1 Å². The summed E-state index contributed by atoms with van der Waals surface area (Å²) >= 11 is 0. The Labute approximate surface area is 229 Å². The Bertz CT molecular complexity index is 1290. The average Bonchev–Trinajstić information content (AvgIpc) is 2.90. The molecule has 4 rings (SSSR count). The van der Waals surface area contributed by atoms with Crippen molar-refractivity contribution < 1.29 is 9.90 Å². The van der Waals surface area contributed by atoms with E-state index in [4.69, 9.17) is 0 Å². The van der Waals surface area contributed by atoms with Crippen LogP contribution < -0.4 is 0 Å². The van der Waals surface area contributed by atoms with Crippen LogP contribution in [0, 0.1) is 13.8 Å². The molecule has 1 fully saturated rings. The quantitative estimate of drug-likeness (QED) is 0.313. The van der Waals surface area contributed by atoms with E-state index in [-0.39, 0.29) is 11.2 Å². The normalized spacial score (nSPS) is 15.6. The van der Waals surface area contributed by atoms with E-state index in [1.165, 1.54) is 45.4 Å². The number of aryl methyl sites for hydroxylation is 2. The molecule has 1 aliphatic carbocycles. The second-order valence-electron chi connectivity index (χ2n) is 11.5. The lowest BCUT2D eigenvalue weighted by Gasteiger charge is -2.34. The molecule has 1 aliphatic rings. The first-order valence-corrected chi connectivity index (χ1v) is 14.4. The Hall–Kier alpha value is -2.97. The Morgan fingerprint density at radius 3 is 2.03 bits per heavy atom. The van der Waals surface area contributed by atoms with Crippen molar-refractivity contribution in [1.82, 2.24) is 0 Å². The maximum absolute atomic E-state index is 11.5. The van der Waals surface area contributed by atoms with Crippen LogP contribution in [0.4, 0.5) is 0 Å². The molecule has 0 heterocycles. The number of hydrogen-bond acceptors (Lipinski definition) is 2. The largest absolute Gasteiger partial charge is 0.386 e. The summed E-state index contributed by atoms with van der Waals surface area (Å²) in [6, 6.07) is 22.2. The predicted octanol–water partition coefficient (Wildman–Crippen LogP) is 8.92. The summed E-state index contributed by atoms with van der Waals surface area (Å²) in [4.78, 5) is 11.5. The Kier molecular flexibility index (Phi) is 8.73. The van der Waals surface area contributed by atoms with Gasteiger partial charge in [0.15, 0.2) is 0 Å². The lowest BCUT2D eigenvalue weighted by atomic mass is 9.69. The van der Waals surface area contributed by atoms with Crippen LogP contribution in [-0.4, -0.2) is 16.5 Å². The van der Waals surface area contributed by atoms with Crippen molar-refractivity contribution >= 4 is 11.9 Å². The zero-order valence-electron chi connectivity index (χ0n) is 23.9. The van der Waals surface area contributed by atoms with E-state index in [0.29, 0.717) is 6.42 Å². The summed E-state index contributed by atoms with van der Waals surface area (Å²) in [6.07, 6.45) is 11.9. The number of ketones is 1. The minimum atomic E-state index is -0.646. The number of aliphatic hydroxyl groups is 1. The monoisotopic (exact) mass is 508 g/mol. The lowest BCUT2D eigenvalue weighted by molar-refractivity contribution is -0.116. The van der Waals surface area contributed by atoms with E-state index in [1.807, 2.05) is 6.08 Å². The Balaban J connectivity index is 1.63. The third kappa shape index (κ3) is 6.02. The summed E-state index contributed by atoms with van der Waals surface area (Å²) in [6.45, 7) is 10.6. The first-order chi connectivity index (χ1) is 18.2. The van der Waals surface area contributed by atoms with Gasteiger partial charge in [-0.2, -0.15) is 0 Å². The maximum Gasteiger partial charge on any atom is 0.134 e. The zero-order chi connectivity index (χ0) is 27.3. The third-order valence-corrected chi connectivity index (χ3v) is 8.82. The van der Waals surface area contributed by atoms with Crippen LogP contribution in [0.15, 0.2) is 66.7 Å². The first kappa shape index (κ1) is 28.0. The smallest absolute Gasteiger partial charge is 0.134 e. The summed E-state index contributed by atoms with van der Waals surface area (Å²) in [7, 11) is 0. The fourth-order valence-electron chi connectivity index (χ4n) is 6.34. The zero-order valence-corrected chi connectivity index (χ0v) is 23.9. The number of rotatable bonds is 9. The number of carbonyl (C=O) groups excluding carboxylic acids is 1.